The third kappa shape index (κ3) is 4.03. The molecule has 1 fully saturated rings. The first kappa shape index (κ1) is 16.7. The van der Waals surface area contributed by atoms with E-state index >= 15 is 0 Å². The molecule has 1 saturated heterocycles. The fourth-order valence-corrected chi connectivity index (χ4v) is 3.69. The number of thiophene rings is 1. The Morgan fingerprint density at radius 3 is 2.79 bits per heavy atom. The molecule has 24 heavy (non-hydrogen) atoms. The molecule has 1 aliphatic heterocycles. The summed E-state index contributed by atoms with van der Waals surface area (Å²) in [5.41, 5.74) is 0. The molecule has 1 N–H and O–H groups in total. The number of aromatic nitrogens is 2. The number of piperidine rings is 1. The Hall–Kier alpha value is -2.15. The van der Waals surface area contributed by atoms with Gasteiger partial charge < -0.3 is 10.2 Å². The van der Waals surface area contributed by atoms with Crippen LogP contribution in [0.3, 0.4) is 0 Å². The van der Waals surface area contributed by atoms with Gasteiger partial charge in [-0.3, -0.25) is 14.3 Å². The lowest BCUT2D eigenvalue weighted by Crippen LogP contribution is -2.45. The van der Waals surface area contributed by atoms with E-state index in [1.165, 1.54) is 11.3 Å². The Labute approximate surface area is 145 Å². The first-order valence-corrected chi connectivity index (χ1v) is 9.12. The lowest BCUT2D eigenvalue weighted by atomic mass is 9.95. The molecular formula is C17H22N4O2S. The fraction of sp³-hybridized carbons (Fsp3) is 0.471. The van der Waals surface area contributed by atoms with Gasteiger partial charge in [0, 0.05) is 37.4 Å². The molecule has 128 valence electrons. The van der Waals surface area contributed by atoms with Crippen LogP contribution in [-0.4, -0.2) is 45.6 Å². The third-order valence-corrected chi connectivity index (χ3v) is 5.15. The molecule has 0 unspecified atom stereocenters. The van der Waals surface area contributed by atoms with Crippen molar-refractivity contribution >= 4 is 23.2 Å². The molecule has 1 aliphatic rings. The Morgan fingerprint density at radius 1 is 1.38 bits per heavy atom. The number of amides is 2. The van der Waals surface area contributed by atoms with Crippen LogP contribution in [0.15, 0.2) is 36.0 Å². The first-order chi connectivity index (χ1) is 11.6. The van der Waals surface area contributed by atoms with Crippen molar-refractivity contribution in [2.24, 2.45) is 5.92 Å². The summed E-state index contributed by atoms with van der Waals surface area (Å²) >= 11 is 1.46. The maximum absolute atomic E-state index is 12.4. The quantitative estimate of drug-likeness (QED) is 0.900. The summed E-state index contributed by atoms with van der Waals surface area (Å²) in [4.78, 5) is 27.3. The molecule has 1 atom stereocenters. The van der Waals surface area contributed by atoms with E-state index in [4.69, 9.17) is 0 Å². The molecule has 0 aromatic carbocycles. The van der Waals surface area contributed by atoms with Gasteiger partial charge in [0.25, 0.3) is 5.91 Å². The summed E-state index contributed by atoms with van der Waals surface area (Å²) in [5.74, 6) is 0.145. The van der Waals surface area contributed by atoms with E-state index in [2.05, 4.69) is 10.4 Å². The minimum atomic E-state index is -0.0162. The lowest BCUT2D eigenvalue weighted by molar-refractivity contribution is -0.127. The molecule has 0 aliphatic carbocycles. The van der Waals surface area contributed by atoms with Gasteiger partial charge >= 0.3 is 0 Å². The lowest BCUT2D eigenvalue weighted by Gasteiger charge is -2.31. The highest BCUT2D eigenvalue weighted by Gasteiger charge is 2.28. The maximum atomic E-state index is 12.4. The van der Waals surface area contributed by atoms with Crippen LogP contribution in [-0.2, 0) is 11.3 Å². The molecule has 0 saturated carbocycles. The van der Waals surface area contributed by atoms with E-state index in [-0.39, 0.29) is 23.8 Å². The standard InChI is InChI=1S/C17H22N4O2S/c1-13(12-21-8-3-7-18-21)19-16(22)14-5-9-20(10-6-14)17(23)15-4-2-11-24-15/h2-4,7-8,11,13-14H,5-6,9-10,12H2,1H3,(H,19,22)/t13-/m1/s1. The molecule has 0 bridgehead atoms. The highest BCUT2D eigenvalue weighted by Crippen LogP contribution is 2.21. The van der Waals surface area contributed by atoms with Crippen molar-refractivity contribution in [3.05, 3.63) is 40.8 Å². The highest BCUT2D eigenvalue weighted by atomic mass is 32.1. The molecule has 3 rings (SSSR count). The number of nitrogens with zero attached hydrogens (tertiary/aromatic N) is 3. The monoisotopic (exact) mass is 346 g/mol. The molecule has 2 amide bonds. The predicted molar refractivity (Wildman–Crippen MR) is 92.8 cm³/mol. The van der Waals surface area contributed by atoms with E-state index in [0.717, 1.165) is 17.7 Å². The van der Waals surface area contributed by atoms with Crippen LogP contribution < -0.4 is 5.32 Å². The van der Waals surface area contributed by atoms with Gasteiger partial charge in [0.2, 0.25) is 5.91 Å². The van der Waals surface area contributed by atoms with E-state index < -0.39 is 0 Å². The van der Waals surface area contributed by atoms with Crippen LogP contribution >= 0.6 is 11.3 Å². The number of rotatable bonds is 5. The Bertz CT molecular complexity index is 661. The van der Waals surface area contributed by atoms with Crippen LogP contribution in [0.4, 0.5) is 0 Å². The highest BCUT2D eigenvalue weighted by molar-refractivity contribution is 7.12. The minimum absolute atomic E-state index is 0.0162. The van der Waals surface area contributed by atoms with E-state index in [1.54, 1.807) is 6.20 Å². The number of likely N-dealkylation sites (tertiary alicyclic amines) is 1. The smallest absolute Gasteiger partial charge is 0.263 e. The van der Waals surface area contributed by atoms with Crippen LogP contribution in [0.1, 0.15) is 29.4 Å². The normalized spacial score (nSPS) is 16.8. The summed E-state index contributed by atoms with van der Waals surface area (Å²) in [7, 11) is 0. The second kappa shape index (κ2) is 7.61. The van der Waals surface area contributed by atoms with Crippen LogP contribution in [0.2, 0.25) is 0 Å². The zero-order valence-electron chi connectivity index (χ0n) is 13.7. The van der Waals surface area contributed by atoms with Crippen LogP contribution in [0, 0.1) is 5.92 Å². The van der Waals surface area contributed by atoms with Gasteiger partial charge in [-0.1, -0.05) is 6.07 Å². The van der Waals surface area contributed by atoms with Gasteiger partial charge in [0.15, 0.2) is 0 Å². The Balaban J connectivity index is 1.45. The van der Waals surface area contributed by atoms with Crippen molar-refractivity contribution in [2.75, 3.05) is 13.1 Å². The van der Waals surface area contributed by atoms with Gasteiger partial charge in [-0.25, -0.2) is 0 Å². The zero-order chi connectivity index (χ0) is 16.9. The number of carbonyl (C=O) groups excluding carboxylic acids is 2. The summed E-state index contributed by atoms with van der Waals surface area (Å²) in [6.45, 7) is 3.92. The van der Waals surface area contributed by atoms with Gasteiger partial charge in [-0.2, -0.15) is 5.10 Å². The molecule has 3 heterocycles. The van der Waals surface area contributed by atoms with Crippen molar-refractivity contribution in [1.82, 2.24) is 20.0 Å². The van der Waals surface area contributed by atoms with Crippen molar-refractivity contribution in [3.63, 3.8) is 0 Å². The summed E-state index contributed by atoms with van der Waals surface area (Å²) in [6.07, 6.45) is 5.06. The molecule has 2 aromatic rings. The minimum Gasteiger partial charge on any atom is -0.352 e. The largest absolute Gasteiger partial charge is 0.352 e. The molecule has 0 spiro atoms. The topological polar surface area (TPSA) is 67.2 Å². The van der Waals surface area contributed by atoms with Crippen LogP contribution in [0.25, 0.3) is 0 Å². The van der Waals surface area contributed by atoms with Gasteiger partial charge in [-0.15, -0.1) is 11.3 Å². The zero-order valence-corrected chi connectivity index (χ0v) is 14.5. The second-order valence-electron chi connectivity index (χ2n) is 6.18. The molecule has 7 heteroatoms. The summed E-state index contributed by atoms with van der Waals surface area (Å²) in [5, 5.41) is 9.12. The van der Waals surface area contributed by atoms with Crippen molar-refractivity contribution in [2.45, 2.75) is 32.4 Å². The van der Waals surface area contributed by atoms with E-state index in [0.29, 0.717) is 19.6 Å². The van der Waals surface area contributed by atoms with Crippen molar-refractivity contribution in [3.8, 4) is 0 Å². The first-order valence-electron chi connectivity index (χ1n) is 8.24. The van der Waals surface area contributed by atoms with Gasteiger partial charge in [0.1, 0.15) is 0 Å². The SMILES string of the molecule is C[C@H](Cn1cccn1)NC(=O)C1CCN(C(=O)c2cccs2)CC1. The fourth-order valence-electron chi connectivity index (χ4n) is 3.00. The average molecular weight is 346 g/mol. The predicted octanol–water partition coefficient (Wildman–Crippen LogP) is 2.00. The number of hydrogen-bond acceptors (Lipinski definition) is 4. The average Bonchev–Trinajstić information content (AvgIpc) is 3.27. The van der Waals surface area contributed by atoms with Crippen LogP contribution in [0.5, 0.6) is 0 Å². The second-order valence-corrected chi connectivity index (χ2v) is 7.13. The molecule has 6 nitrogen and oxygen atoms in total. The van der Waals surface area contributed by atoms with Crippen molar-refractivity contribution in [1.29, 1.82) is 0 Å². The molecule has 0 radical (unpaired) electrons. The van der Waals surface area contributed by atoms with E-state index in [9.17, 15) is 9.59 Å². The summed E-state index contributed by atoms with van der Waals surface area (Å²) < 4.78 is 1.81. The van der Waals surface area contributed by atoms with E-state index in [1.807, 2.05) is 46.3 Å². The number of carbonyl (C=O) groups is 2. The number of nitrogens with one attached hydrogen (secondary N) is 1. The molecular weight excluding hydrogens is 324 g/mol. The molecule has 2 aromatic heterocycles. The maximum Gasteiger partial charge on any atom is 0.263 e. The van der Waals surface area contributed by atoms with Gasteiger partial charge in [0.05, 0.1) is 11.4 Å². The Morgan fingerprint density at radius 2 is 2.17 bits per heavy atom. The third-order valence-electron chi connectivity index (χ3n) is 4.29. The summed E-state index contributed by atoms with van der Waals surface area (Å²) in [6, 6.07) is 5.64. The van der Waals surface area contributed by atoms with Crippen molar-refractivity contribution < 1.29 is 9.59 Å². The number of hydrogen-bond donors (Lipinski definition) is 1. The van der Waals surface area contributed by atoms with Gasteiger partial charge in [-0.05, 0) is 37.3 Å². The Kier molecular flexibility index (Phi) is 5.30.